The Balaban J connectivity index is 2.99. The van der Waals surface area contributed by atoms with E-state index in [0.29, 0.717) is 0 Å². The summed E-state index contributed by atoms with van der Waals surface area (Å²) >= 11 is 0. The number of hydrogen-bond donors (Lipinski definition) is 1. The maximum atomic E-state index is 8.78. The molecule has 0 aliphatic rings. The van der Waals surface area contributed by atoms with Crippen molar-refractivity contribution in [3.05, 3.63) is 24.0 Å². The Morgan fingerprint density at radius 3 is 3.12 bits per heavy atom. The van der Waals surface area contributed by atoms with E-state index in [4.69, 9.17) is 9.22 Å². The average molecular weight is 112 g/mol. The lowest BCUT2D eigenvalue weighted by Gasteiger charge is -1.88. The van der Waals surface area contributed by atoms with Crippen LogP contribution in [0.5, 0.6) is 5.75 Å². The SMILES string of the molecule is [2H]C([2H])([2H])c1ccc(O)cn1. The highest BCUT2D eigenvalue weighted by Crippen LogP contribution is 2.03. The Bertz CT molecular complexity index is 241. The molecule has 0 saturated heterocycles. The van der Waals surface area contributed by atoms with Crippen LogP contribution in [0.1, 0.15) is 9.81 Å². The van der Waals surface area contributed by atoms with Crippen molar-refractivity contribution in [1.82, 2.24) is 4.98 Å². The van der Waals surface area contributed by atoms with E-state index in [-0.39, 0.29) is 11.4 Å². The van der Waals surface area contributed by atoms with Crippen molar-refractivity contribution >= 4 is 0 Å². The molecule has 0 radical (unpaired) electrons. The maximum Gasteiger partial charge on any atom is 0.133 e. The summed E-state index contributed by atoms with van der Waals surface area (Å²) in [6.45, 7) is -2.19. The molecule has 0 bridgehead atoms. The van der Waals surface area contributed by atoms with Gasteiger partial charge in [-0.15, -0.1) is 0 Å². The zero-order chi connectivity index (χ0) is 8.48. The standard InChI is InChI=1S/C6H7NO/c1-5-2-3-6(8)4-7-5/h2-4,8H,1H3/i1D3. The quantitative estimate of drug-likeness (QED) is 0.545. The molecule has 0 fully saturated rings. The van der Waals surface area contributed by atoms with Crippen molar-refractivity contribution < 1.29 is 9.22 Å². The van der Waals surface area contributed by atoms with E-state index in [9.17, 15) is 0 Å². The predicted molar refractivity (Wildman–Crippen MR) is 30.6 cm³/mol. The van der Waals surface area contributed by atoms with Crippen LogP contribution in [0.2, 0.25) is 0 Å². The molecule has 0 aliphatic carbocycles. The highest BCUT2D eigenvalue weighted by Gasteiger charge is 1.83. The molecule has 0 saturated carbocycles. The zero-order valence-electron chi connectivity index (χ0n) is 7.13. The highest BCUT2D eigenvalue weighted by molar-refractivity contribution is 5.16. The molecule has 0 unspecified atom stereocenters. The van der Waals surface area contributed by atoms with Crippen LogP contribution >= 0.6 is 0 Å². The van der Waals surface area contributed by atoms with Crippen LogP contribution in [0, 0.1) is 6.85 Å². The minimum Gasteiger partial charge on any atom is -0.506 e. The largest absolute Gasteiger partial charge is 0.506 e. The fraction of sp³-hybridized carbons (Fsp3) is 0.167. The number of pyridine rings is 1. The van der Waals surface area contributed by atoms with Crippen molar-refractivity contribution in [2.45, 2.75) is 6.85 Å². The fourth-order valence-corrected chi connectivity index (χ4v) is 0.386. The second-order valence-corrected chi connectivity index (χ2v) is 1.40. The van der Waals surface area contributed by atoms with Crippen molar-refractivity contribution in [3.8, 4) is 5.75 Å². The third kappa shape index (κ3) is 0.964. The highest BCUT2D eigenvalue weighted by atomic mass is 16.3. The molecule has 2 heteroatoms. The minimum absolute atomic E-state index is 0.00435. The van der Waals surface area contributed by atoms with E-state index in [1.165, 1.54) is 12.1 Å². The zero-order valence-corrected chi connectivity index (χ0v) is 4.13. The van der Waals surface area contributed by atoms with Gasteiger partial charge in [-0.1, -0.05) is 0 Å². The number of rotatable bonds is 0. The van der Waals surface area contributed by atoms with Crippen LogP contribution in [-0.2, 0) is 0 Å². The third-order valence-electron chi connectivity index (χ3n) is 0.748. The van der Waals surface area contributed by atoms with E-state index in [0.717, 1.165) is 6.20 Å². The second kappa shape index (κ2) is 1.82. The molecule has 0 aromatic carbocycles. The lowest BCUT2D eigenvalue weighted by molar-refractivity contribution is 0.472. The molecule has 1 N–H and O–H groups in total. The van der Waals surface area contributed by atoms with Gasteiger partial charge in [0.1, 0.15) is 5.75 Å². The van der Waals surface area contributed by atoms with Crippen molar-refractivity contribution in [3.63, 3.8) is 0 Å². The molecule has 0 aliphatic heterocycles. The van der Waals surface area contributed by atoms with Gasteiger partial charge in [0.2, 0.25) is 0 Å². The van der Waals surface area contributed by atoms with E-state index < -0.39 is 6.85 Å². The van der Waals surface area contributed by atoms with Gasteiger partial charge < -0.3 is 5.11 Å². The molecule has 8 heavy (non-hydrogen) atoms. The minimum atomic E-state index is -2.19. The number of aromatic hydroxyl groups is 1. The number of hydrogen-bond acceptors (Lipinski definition) is 2. The van der Waals surface area contributed by atoms with Crippen LogP contribution in [0.25, 0.3) is 0 Å². The second-order valence-electron chi connectivity index (χ2n) is 1.40. The molecular weight excluding hydrogens is 102 g/mol. The van der Waals surface area contributed by atoms with E-state index >= 15 is 0 Å². The summed E-state index contributed by atoms with van der Waals surface area (Å²) in [4.78, 5) is 3.54. The average Bonchev–Trinajstić information content (AvgIpc) is 1.86. The first kappa shape index (κ1) is 2.49. The molecule has 1 aromatic rings. The first-order valence-electron chi connectivity index (χ1n) is 3.65. The van der Waals surface area contributed by atoms with Gasteiger partial charge in [-0.3, -0.25) is 4.98 Å². The normalized spacial score (nSPS) is 16.2. The van der Waals surface area contributed by atoms with Crippen molar-refractivity contribution in [1.29, 1.82) is 0 Å². The van der Waals surface area contributed by atoms with E-state index in [2.05, 4.69) is 4.98 Å². The Morgan fingerprint density at radius 1 is 1.75 bits per heavy atom. The first-order valence-corrected chi connectivity index (χ1v) is 2.15. The molecule has 2 nitrogen and oxygen atoms in total. The summed E-state index contributed by atoms with van der Waals surface area (Å²) in [5.74, 6) is -0.0296. The van der Waals surface area contributed by atoms with Gasteiger partial charge in [-0.2, -0.15) is 0 Å². The van der Waals surface area contributed by atoms with Gasteiger partial charge in [-0.05, 0) is 19.0 Å². The maximum absolute atomic E-state index is 8.78. The fourth-order valence-electron chi connectivity index (χ4n) is 0.386. The molecule has 0 spiro atoms. The predicted octanol–water partition coefficient (Wildman–Crippen LogP) is 1.10. The summed E-state index contributed by atoms with van der Waals surface area (Å²) in [6, 6.07) is 2.58. The molecule has 42 valence electrons. The van der Waals surface area contributed by atoms with E-state index in [1.54, 1.807) is 0 Å². The summed E-state index contributed by atoms with van der Waals surface area (Å²) in [6.07, 6.45) is 1.11. The monoisotopic (exact) mass is 112 g/mol. The molecule has 0 amide bonds. The van der Waals surface area contributed by atoms with Gasteiger partial charge >= 0.3 is 0 Å². The van der Waals surface area contributed by atoms with Crippen LogP contribution in [0.4, 0.5) is 0 Å². The molecular formula is C6H7NO. The Kier molecular flexibility index (Phi) is 0.565. The van der Waals surface area contributed by atoms with Gasteiger partial charge in [0.15, 0.2) is 0 Å². The smallest absolute Gasteiger partial charge is 0.133 e. The van der Waals surface area contributed by atoms with Crippen LogP contribution < -0.4 is 0 Å². The molecule has 1 heterocycles. The number of nitrogens with zero attached hydrogens (tertiary/aromatic N) is 1. The van der Waals surface area contributed by atoms with Crippen molar-refractivity contribution in [2.75, 3.05) is 0 Å². The Labute approximate surface area is 52.0 Å². The molecule has 0 atom stereocenters. The van der Waals surface area contributed by atoms with Gasteiger partial charge in [0, 0.05) is 9.81 Å². The van der Waals surface area contributed by atoms with Crippen LogP contribution in [0.3, 0.4) is 0 Å². The topological polar surface area (TPSA) is 33.1 Å². The number of aryl methyl sites for hydroxylation is 1. The summed E-state index contributed by atoms with van der Waals surface area (Å²) in [5.41, 5.74) is -0.00435. The summed E-state index contributed by atoms with van der Waals surface area (Å²) < 4.78 is 20.8. The lowest BCUT2D eigenvalue weighted by atomic mass is 10.4. The third-order valence-corrected chi connectivity index (χ3v) is 0.748. The Hall–Kier alpha value is -1.05. The van der Waals surface area contributed by atoms with Crippen LogP contribution in [0.15, 0.2) is 18.3 Å². The lowest BCUT2D eigenvalue weighted by Crippen LogP contribution is -1.75. The van der Waals surface area contributed by atoms with Gasteiger partial charge in [0.25, 0.3) is 0 Å². The first-order chi connectivity index (χ1) is 5.00. The van der Waals surface area contributed by atoms with E-state index in [1.807, 2.05) is 0 Å². The molecule has 1 aromatic heterocycles. The van der Waals surface area contributed by atoms with Crippen molar-refractivity contribution in [2.24, 2.45) is 0 Å². The Morgan fingerprint density at radius 2 is 2.62 bits per heavy atom. The summed E-state index contributed by atoms with van der Waals surface area (Å²) in [5, 5.41) is 8.78. The molecule has 1 rings (SSSR count). The van der Waals surface area contributed by atoms with Gasteiger partial charge in [-0.25, -0.2) is 0 Å². The summed E-state index contributed by atoms with van der Waals surface area (Å²) in [7, 11) is 0. The van der Waals surface area contributed by atoms with Crippen LogP contribution in [-0.4, -0.2) is 10.1 Å². The van der Waals surface area contributed by atoms with Gasteiger partial charge in [0.05, 0.1) is 6.20 Å². The number of aromatic nitrogens is 1.